The van der Waals surface area contributed by atoms with Gasteiger partial charge in [-0.3, -0.25) is 9.69 Å². The number of carboxylic acid groups (broad SMARTS) is 1. The third-order valence-electron chi connectivity index (χ3n) is 4.81. The van der Waals surface area contributed by atoms with E-state index in [9.17, 15) is 13.6 Å². The summed E-state index contributed by atoms with van der Waals surface area (Å²) >= 11 is 0. The number of ether oxygens (including phenoxy) is 2. The summed E-state index contributed by atoms with van der Waals surface area (Å²) in [6.45, 7) is 4.25. The minimum atomic E-state index is -0.895. The van der Waals surface area contributed by atoms with Crippen molar-refractivity contribution in [2.45, 2.75) is 26.1 Å². The smallest absolute Gasteiger partial charge is 0.304 e. The minimum absolute atomic E-state index is 0.0642. The van der Waals surface area contributed by atoms with Gasteiger partial charge in [-0.15, -0.1) is 0 Å². The standard InChI is InChI=1S/C21H23F2NO4/c1-14-11-16(28-13-15-3-2-4-18(22)21(15)23)5-6-17(14)19-12-24(9-10-27-19)8-7-20(25)26/h2-6,11,19H,7-10,12-13H2,1H3,(H,25,26). The molecule has 0 bridgehead atoms. The van der Waals surface area contributed by atoms with Crippen LogP contribution in [0.5, 0.6) is 5.75 Å². The van der Waals surface area contributed by atoms with E-state index >= 15 is 0 Å². The van der Waals surface area contributed by atoms with Gasteiger partial charge < -0.3 is 14.6 Å². The highest BCUT2D eigenvalue weighted by Crippen LogP contribution is 2.28. The third-order valence-corrected chi connectivity index (χ3v) is 4.81. The van der Waals surface area contributed by atoms with Crippen molar-refractivity contribution >= 4 is 5.97 Å². The van der Waals surface area contributed by atoms with Gasteiger partial charge in [-0.05, 0) is 36.2 Å². The molecule has 1 N–H and O–H groups in total. The Morgan fingerprint density at radius 3 is 2.89 bits per heavy atom. The highest BCUT2D eigenvalue weighted by Gasteiger charge is 2.23. The molecule has 1 heterocycles. The van der Waals surface area contributed by atoms with Crippen LogP contribution < -0.4 is 4.74 Å². The molecule has 1 unspecified atom stereocenters. The first-order valence-corrected chi connectivity index (χ1v) is 9.16. The Balaban J connectivity index is 1.63. The lowest BCUT2D eigenvalue weighted by Gasteiger charge is -2.33. The van der Waals surface area contributed by atoms with E-state index in [1.54, 1.807) is 6.07 Å². The van der Waals surface area contributed by atoms with E-state index in [-0.39, 0.29) is 24.7 Å². The van der Waals surface area contributed by atoms with Crippen molar-refractivity contribution in [1.29, 1.82) is 0 Å². The Kier molecular flexibility index (Phi) is 6.59. The molecule has 150 valence electrons. The summed E-state index contributed by atoms with van der Waals surface area (Å²) in [5.74, 6) is -2.04. The summed E-state index contributed by atoms with van der Waals surface area (Å²) in [6.07, 6.45) is -0.0352. The van der Waals surface area contributed by atoms with Crippen molar-refractivity contribution < 1.29 is 28.2 Å². The Labute approximate surface area is 162 Å². The van der Waals surface area contributed by atoms with Crippen molar-refractivity contribution in [2.75, 3.05) is 26.2 Å². The van der Waals surface area contributed by atoms with Crippen LogP contribution in [0, 0.1) is 18.6 Å². The number of rotatable bonds is 7. The molecule has 0 radical (unpaired) electrons. The van der Waals surface area contributed by atoms with Gasteiger partial charge in [0.25, 0.3) is 0 Å². The second-order valence-corrected chi connectivity index (χ2v) is 6.82. The number of carboxylic acids is 1. The summed E-state index contributed by atoms with van der Waals surface area (Å²) in [5.41, 5.74) is 2.12. The molecular formula is C21H23F2NO4. The lowest BCUT2D eigenvalue weighted by atomic mass is 10.0. The maximum atomic E-state index is 13.7. The van der Waals surface area contributed by atoms with E-state index in [4.69, 9.17) is 14.6 Å². The van der Waals surface area contributed by atoms with Crippen LogP contribution in [0.15, 0.2) is 36.4 Å². The van der Waals surface area contributed by atoms with E-state index < -0.39 is 17.6 Å². The van der Waals surface area contributed by atoms with Crippen LogP contribution in [0.2, 0.25) is 0 Å². The molecule has 1 fully saturated rings. The van der Waals surface area contributed by atoms with Gasteiger partial charge in [-0.25, -0.2) is 8.78 Å². The molecule has 2 aromatic rings. The van der Waals surface area contributed by atoms with Gasteiger partial charge in [0.15, 0.2) is 11.6 Å². The number of halogens is 2. The number of carbonyl (C=O) groups is 1. The maximum Gasteiger partial charge on any atom is 0.304 e. The summed E-state index contributed by atoms with van der Waals surface area (Å²) in [4.78, 5) is 12.9. The maximum absolute atomic E-state index is 13.7. The van der Waals surface area contributed by atoms with Crippen LogP contribution in [0.3, 0.4) is 0 Å². The molecule has 1 atom stereocenters. The second-order valence-electron chi connectivity index (χ2n) is 6.82. The number of hydrogen-bond acceptors (Lipinski definition) is 4. The van der Waals surface area contributed by atoms with Gasteiger partial charge in [-0.2, -0.15) is 0 Å². The first-order valence-electron chi connectivity index (χ1n) is 9.16. The quantitative estimate of drug-likeness (QED) is 0.780. The topological polar surface area (TPSA) is 59.0 Å². The van der Waals surface area contributed by atoms with Crippen LogP contribution in [0.25, 0.3) is 0 Å². The number of hydrogen-bond donors (Lipinski definition) is 1. The molecule has 0 spiro atoms. The summed E-state index contributed by atoms with van der Waals surface area (Å²) in [6, 6.07) is 9.52. The fourth-order valence-corrected chi connectivity index (χ4v) is 3.27. The molecule has 5 nitrogen and oxygen atoms in total. The van der Waals surface area contributed by atoms with E-state index in [0.717, 1.165) is 17.2 Å². The molecule has 1 saturated heterocycles. The molecule has 7 heteroatoms. The predicted octanol–water partition coefficient (Wildman–Crippen LogP) is 3.70. The molecule has 1 aliphatic heterocycles. The number of aliphatic carboxylic acids is 1. The van der Waals surface area contributed by atoms with E-state index in [1.165, 1.54) is 12.1 Å². The highest BCUT2D eigenvalue weighted by molar-refractivity contribution is 5.66. The number of benzene rings is 2. The SMILES string of the molecule is Cc1cc(OCc2cccc(F)c2F)ccc1C1CN(CCC(=O)O)CCO1. The monoisotopic (exact) mass is 391 g/mol. The summed E-state index contributed by atoms with van der Waals surface area (Å²) in [5, 5.41) is 8.85. The van der Waals surface area contributed by atoms with E-state index in [2.05, 4.69) is 4.90 Å². The zero-order valence-corrected chi connectivity index (χ0v) is 15.7. The first-order chi connectivity index (χ1) is 13.4. The average molecular weight is 391 g/mol. The number of nitrogens with zero attached hydrogens (tertiary/aromatic N) is 1. The average Bonchev–Trinajstić information content (AvgIpc) is 2.68. The van der Waals surface area contributed by atoms with Gasteiger partial charge in [0.1, 0.15) is 12.4 Å². The molecule has 0 aliphatic carbocycles. The lowest BCUT2D eigenvalue weighted by Crippen LogP contribution is -2.39. The molecular weight excluding hydrogens is 368 g/mol. The van der Waals surface area contributed by atoms with Crippen LogP contribution >= 0.6 is 0 Å². The van der Waals surface area contributed by atoms with E-state index in [1.807, 2.05) is 19.1 Å². The normalized spacial score (nSPS) is 17.5. The second kappa shape index (κ2) is 9.12. The predicted molar refractivity (Wildman–Crippen MR) is 99.3 cm³/mol. The summed E-state index contributed by atoms with van der Waals surface area (Å²) in [7, 11) is 0. The van der Waals surface area contributed by atoms with Crippen molar-refractivity contribution in [3.63, 3.8) is 0 Å². The fraction of sp³-hybridized carbons (Fsp3) is 0.381. The Morgan fingerprint density at radius 1 is 1.32 bits per heavy atom. The Morgan fingerprint density at radius 2 is 2.14 bits per heavy atom. The molecule has 1 aliphatic rings. The largest absolute Gasteiger partial charge is 0.489 e. The molecule has 28 heavy (non-hydrogen) atoms. The van der Waals surface area contributed by atoms with Gasteiger partial charge >= 0.3 is 5.97 Å². The Bertz CT molecular complexity index is 843. The van der Waals surface area contributed by atoms with Crippen LogP contribution in [0.1, 0.15) is 29.2 Å². The number of aryl methyl sites for hydroxylation is 1. The van der Waals surface area contributed by atoms with Crippen LogP contribution in [0.4, 0.5) is 8.78 Å². The molecule has 2 aromatic carbocycles. The fourth-order valence-electron chi connectivity index (χ4n) is 3.27. The van der Waals surface area contributed by atoms with Crippen molar-refractivity contribution in [1.82, 2.24) is 4.90 Å². The van der Waals surface area contributed by atoms with Gasteiger partial charge in [0.2, 0.25) is 0 Å². The zero-order chi connectivity index (χ0) is 20.1. The Hall–Kier alpha value is -2.51. The van der Waals surface area contributed by atoms with E-state index in [0.29, 0.717) is 32.0 Å². The van der Waals surface area contributed by atoms with Crippen molar-refractivity contribution in [3.05, 3.63) is 64.7 Å². The lowest BCUT2D eigenvalue weighted by molar-refractivity contribution is -0.137. The van der Waals surface area contributed by atoms with Crippen molar-refractivity contribution in [2.24, 2.45) is 0 Å². The number of morpholine rings is 1. The first kappa shape index (κ1) is 20.2. The van der Waals surface area contributed by atoms with Gasteiger partial charge in [0.05, 0.1) is 19.1 Å². The highest BCUT2D eigenvalue weighted by atomic mass is 19.2. The molecule has 0 amide bonds. The van der Waals surface area contributed by atoms with Gasteiger partial charge in [0, 0.05) is 25.2 Å². The zero-order valence-electron chi connectivity index (χ0n) is 15.7. The van der Waals surface area contributed by atoms with Crippen LogP contribution in [-0.2, 0) is 16.1 Å². The van der Waals surface area contributed by atoms with Crippen molar-refractivity contribution in [3.8, 4) is 5.75 Å². The molecule has 3 rings (SSSR count). The third kappa shape index (κ3) is 5.05. The van der Waals surface area contributed by atoms with Crippen LogP contribution in [-0.4, -0.2) is 42.2 Å². The minimum Gasteiger partial charge on any atom is -0.489 e. The van der Waals surface area contributed by atoms with Gasteiger partial charge in [-0.1, -0.05) is 18.2 Å². The molecule has 0 saturated carbocycles. The molecule has 0 aromatic heterocycles. The summed E-state index contributed by atoms with van der Waals surface area (Å²) < 4.78 is 38.5.